The van der Waals surface area contributed by atoms with E-state index in [0.29, 0.717) is 10.7 Å². The Kier molecular flexibility index (Phi) is 3.95. The summed E-state index contributed by atoms with van der Waals surface area (Å²) >= 11 is 0. The van der Waals surface area contributed by atoms with E-state index >= 15 is 0 Å². The Morgan fingerprint density at radius 2 is 1.27 bits per heavy atom. The van der Waals surface area contributed by atoms with Crippen LogP contribution in [0.1, 0.15) is 67.2 Å². The minimum absolute atomic E-state index is 0.402. The quantitative estimate of drug-likeness (QED) is 0.534. The van der Waals surface area contributed by atoms with Gasteiger partial charge in [-0.1, -0.05) is 78.4 Å². The molecule has 0 heterocycles. The molecule has 0 aromatic carbocycles. The van der Waals surface area contributed by atoms with Gasteiger partial charge in [-0.15, -0.1) is 0 Å². The lowest BCUT2D eigenvalue weighted by Gasteiger charge is -2.38. The highest BCUT2D eigenvalue weighted by molar-refractivity contribution is 6.41. The van der Waals surface area contributed by atoms with Crippen LogP contribution in [0.25, 0.3) is 0 Å². The van der Waals surface area contributed by atoms with Gasteiger partial charge in [0.1, 0.15) is 7.28 Å². The summed E-state index contributed by atoms with van der Waals surface area (Å²) in [5.74, 6) is 1.82. The standard InChI is InChI=1S/C14H28B/c1-13(2,3)11-7-9-12(10-8-11)15-14(4,5)6/h11-12H,7-10H2,1-6H3. The van der Waals surface area contributed by atoms with Gasteiger partial charge in [-0.25, -0.2) is 0 Å². The summed E-state index contributed by atoms with van der Waals surface area (Å²) in [5, 5.41) is 0.402. The molecule has 1 aliphatic carbocycles. The second kappa shape index (κ2) is 4.51. The van der Waals surface area contributed by atoms with Crippen molar-refractivity contribution in [2.75, 3.05) is 0 Å². The molecule has 1 fully saturated rings. The maximum Gasteiger partial charge on any atom is 0.120 e. The van der Waals surface area contributed by atoms with Crippen LogP contribution in [-0.2, 0) is 0 Å². The molecule has 0 atom stereocenters. The summed E-state index contributed by atoms with van der Waals surface area (Å²) in [7, 11) is 2.58. The molecule has 0 nitrogen and oxygen atoms in total. The number of hydrogen-bond acceptors (Lipinski definition) is 0. The van der Waals surface area contributed by atoms with E-state index in [2.05, 4.69) is 48.8 Å². The van der Waals surface area contributed by atoms with E-state index in [0.717, 1.165) is 11.7 Å². The molecule has 0 aliphatic heterocycles. The summed E-state index contributed by atoms with van der Waals surface area (Å²) < 4.78 is 0. The Morgan fingerprint density at radius 3 is 1.60 bits per heavy atom. The molecular weight excluding hydrogens is 179 g/mol. The van der Waals surface area contributed by atoms with Crippen molar-refractivity contribution in [1.82, 2.24) is 0 Å². The summed E-state index contributed by atoms with van der Waals surface area (Å²) in [6, 6.07) is 0. The topological polar surface area (TPSA) is 0 Å². The van der Waals surface area contributed by atoms with E-state index < -0.39 is 0 Å². The van der Waals surface area contributed by atoms with E-state index in [1.807, 2.05) is 0 Å². The third-order valence-corrected chi connectivity index (χ3v) is 3.73. The Hall–Kier alpha value is 0.0649. The minimum Gasteiger partial charge on any atom is -0.0682 e. The molecule has 0 aromatic heterocycles. The average Bonchev–Trinajstić information content (AvgIpc) is 2.00. The molecule has 0 saturated heterocycles. The van der Waals surface area contributed by atoms with Crippen molar-refractivity contribution in [3.63, 3.8) is 0 Å². The van der Waals surface area contributed by atoms with Crippen molar-refractivity contribution in [2.45, 2.75) is 78.4 Å². The lowest BCUT2D eigenvalue weighted by molar-refractivity contribution is 0.179. The van der Waals surface area contributed by atoms with Gasteiger partial charge < -0.3 is 0 Å². The van der Waals surface area contributed by atoms with Gasteiger partial charge in [-0.05, 0) is 11.3 Å². The molecule has 1 heteroatoms. The monoisotopic (exact) mass is 207 g/mol. The minimum atomic E-state index is 0.402. The molecule has 0 aromatic rings. The van der Waals surface area contributed by atoms with Crippen LogP contribution in [-0.4, -0.2) is 7.28 Å². The molecular formula is C14H28B. The second-order valence-corrected chi connectivity index (χ2v) is 7.51. The predicted octanol–water partition coefficient (Wildman–Crippen LogP) is 4.93. The molecule has 1 aliphatic rings. The third kappa shape index (κ3) is 4.61. The first-order valence-electron chi connectivity index (χ1n) is 6.54. The van der Waals surface area contributed by atoms with Crippen molar-refractivity contribution in [3.05, 3.63) is 0 Å². The highest BCUT2D eigenvalue weighted by Gasteiger charge is 2.31. The van der Waals surface area contributed by atoms with Gasteiger partial charge >= 0.3 is 0 Å². The van der Waals surface area contributed by atoms with Crippen LogP contribution in [0.15, 0.2) is 0 Å². The smallest absolute Gasteiger partial charge is 0.0682 e. The van der Waals surface area contributed by atoms with E-state index in [1.54, 1.807) is 0 Å². The van der Waals surface area contributed by atoms with Gasteiger partial charge in [0.05, 0.1) is 0 Å². The largest absolute Gasteiger partial charge is 0.120 e. The van der Waals surface area contributed by atoms with Crippen LogP contribution in [0.3, 0.4) is 0 Å². The van der Waals surface area contributed by atoms with Crippen molar-refractivity contribution < 1.29 is 0 Å². The summed E-state index contributed by atoms with van der Waals surface area (Å²) in [6.45, 7) is 14.1. The summed E-state index contributed by atoms with van der Waals surface area (Å²) in [5.41, 5.74) is 0.521. The van der Waals surface area contributed by atoms with Gasteiger partial charge in [0, 0.05) is 0 Å². The van der Waals surface area contributed by atoms with Crippen molar-refractivity contribution in [1.29, 1.82) is 0 Å². The fourth-order valence-corrected chi connectivity index (χ4v) is 2.86. The van der Waals surface area contributed by atoms with Crippen LogP contribution in [0, 0.1) is 11.3 Å². The molecule has 1 saturated carbocycles. The van der Waals surface area contributed by atoms with Crippen LogP contribution in [0.4, 0.5) is 0 Å². The maximum atomic E-state index is 2.58. The molecule has 1 radical (unpaired) electrons. The highest BCUT2D eigenvalue weighted by Crippen LogP contribution is 2.43. The van der Waals surface area contributed by atoms with Gasteiger partial charge in [-0.3, -0.25) is 0 Å². The van der Waals surface area contributed by atoms with Gasteiger partial charge in [0.25, 0.3) is 0 Å². The highest BCUT2D eigenvalue weighted by atomic mass is 14.3. The molecule has 0 spiro atoms. The maximum absolute atomic E-state index is 2.58. The normalized spacial score (nSPS) is 28.9. The van der Waals surface area contributed by atoms with Gasteiger partial charge in [-0.2, -0.15) is 0 Å². The number of rotatable bonds is 1. The van der Waals surface area contributed by atoms with E-state index in [9.17, 15) is 0 Å². The Bertz CT molecular complexity index is 186. The first-order valence-corrected chi connectivity index (χ1v) is 6.54. The number of hydrogen-bond donors (Lipinski definition) is 0. The van der Waals surface area contributed by atoms with Gasteiger partial charge in [0.15, 0.2) is 0 Å². The Balaban J connectivity index is 2.37. The molecule has 0 N–H and O–H groups in total. The zero-order valence-electron chi connectivity index (χ0n) is 11.6. The SMILES string of the molecule is CC(C)(C)[B]C1CCC(C(C)(C)C)CC1. The van der Waals surface area contributed by atoms with Crippen LogP contribution < -0.4 is 0 Å². The van der Waals surface area contributed by atoms with Crippen molar-refractivity contribution in [3.8, 4) is 0 Å². The summed E-state index contributed by atoms with van der Waals surface area (Å²) in [4.78, 5) is 0. The lowest BCUT2D eigenvalue weighted by Crippen LogP contribution is -2.27. The van der Waals surface area contributed by atoms with Crippen LogP contribution in [0.2, 0.25) is 11.1 Å². The fourth-order valence-electron chi connectivity index (χ4n) is 2.86. The third-order valence-electron chi connectivity index (χ3n) is 3.73. The zero-order chi connectivity index (χ0) is 11.7. The second-order valence-electron chi connectivity index (χ2n) is 7.51. The Labute approximate surface area is 97.5 Å². The molecule has 0 bridgehead atoms. The molecule has 0 amide bonds. The summed E-state index contributed by atoms with van der Waals surface area (Å²) in [6.07, 6.45) is 5.69. The van der Waals surface area contributed by atoms with Crippen LogP contribution in [0.5, 0.6) is 0 Å². The van der Waals surface area contributed by atoms with Crippen molar-refractivity contribution in [2.24, 2.45) is 11.3 Å². The first kappa shape index (κ1) is 13.1. The van der Waals surface area contributed by atoms with E-state index in [-0.39, 0.29) is 0 Å². The molecule has 0 unspecified atom stereocenters. The first-order chi connectivity index (χ1) is 6.68. The average molecular weight is 207 g/mol. The van der Waals surface area contributed by atoms with Gasteiger partial charge in [0.2, 0.25) is 0 Å². The Morgan fingerprint density at radius 1 is 0.800 bits per heavy atom. The van der Waals surface area contributed by atoms with Crippen LogP contribution >= 0.6 is 0 Å². The molecule has 1 rings (SSSR count). The zero-order valence-corrected chi connectivity index (χ0v) is 11.6. The molecule has 87 valence electrons. The van der Waals surface area contributed by atoms with E-state index in [1.165, 1.54) is 25.7 Å². The van der Waals surface area contributed by atoms with Crippen molar-refractivity contribution >= 4 is 7.28 Å². The predicted molar refractivity (Wildman–Crippen MR) is 70.6 cm³/mol. The lowest BCUT2D eigenvalue weighted by atomic mass is 9.44. The fraction of sp³-hybridized carbons (Fsp3) is 1.00. The van der Waals surface area contributed by atoms with E-state index in [4.69, 9.17) is 0 Å². The molecule has 15 heavy (non-hydrogen) atoms.